The van der Waals surface area contributed by atoms with Gasteiger partial charge >= 0.3 is 0 Å². The van der Waals surface area contributed by atoms with Crippen molar-refractivity contribution in [3.05, 3.63) is 0 Å². The topological polar surface area (TPSA) is 12.0 Å². The van der Waals surface area contributed by atoms with Gasteiger partial charge in [0, 0.05) is 0 Å². The van der Waals surface area contributed by atoms with Gasteiger partial charge in [0.15, 0.2) is 0 Å². The van der Waals surface area contributed by atoms with E-state index >= 15 is 0 Å². The Kier molecular flexibility index (Phi) is 0.848. The molecule has 0 unspecified atom stereocenters. The fourth-order valence-electron chi connectivity index (χ4n) is 0.290. The molecule has 0 aromatic heterocycles. The molecule has 0 bridgehead atoms. The predicted molar refractivity (Wildman–Crippen MR) is 28.1 cm³/mol. The Bertz CT molecular complexity index is 58.6. The molecule has 1 aliphatic rings. The largest absolute Gasteiger partial charge is 0.705 e. The highest BCUT2D eigenvalue weighted by Crippen LogP contribution is 2.33. The Morgan fingerprint density at radius 3 is 2.17 bits per heavy atom. The van der Waals surface area contributed by atoms with Crippen LogP contribution in [0.5, 0.6) is 0 Å². The zero-order valence-electron chi connectivity index (χ0n) is 3.82. The SMILES string of the molecule is CC1(N[S-])CC1. The van der Waals surface area contributed by atoms with Crippen LogP contribution in [0.4, 0.5) is 0 Å². The summed E-state index contributed by atoms with van der Waals surface area (Å²) in [6, 6.07) is 0. The monoisotopic (exact) mass is 102 g/mol. The molecular weight excluding hydrogens is 94.1 g/mol. The lowest BCUT2D eigenvalue weighted by Crippen LogP contribution is -2.20. The number of rotatable bonds is 1. The Hall–Kier alpha value is 0.310. The van der Waals surface area contributed by atoms with Gasteiger partial charge < -0.3 is 17.5 Å². The van der Waals surface area contributed by atoms with E-state index in [-0.39, 0.29) is 0 Å². The van der Waals surface area contributed by atoms with Crippen LogP contribution in [0.3, 0.4) is 0 Å². The van der Waals surface area contributed by atoms with Crippen molar-refractivity contribution in [2.24, 2.45) is 0 Å². The lowest BCUT2D eigenvalue weighted by molar-refractivity contribution is 0.704. The average Bonchev–Trinajstić information content (AvgIpc) is 2.22. The minimum atomic E-state index is 0.356. The maximum absolute atomic E-state index is 4.60. The van der Waals surface area contributed by atoms with Gasteiger partial charge in [0.25, 0.3) is 0 Å². The molecule has 0 amide bonds. The second-order valence-corrected chi connectivity index (χ2v) is 2.37. The number of nitrogens with one attached hydrogen (secondary N) is 1. The third-order valence-corrected chi connectivity index (χ3v) is 1.74. The summed E-state index contributed by atoms with van der Waals surface area (Å²) < 4.78 is 2.80. The van der Waals surface area contributed by atoms with E-state index in [1.807, 2.05) is 0 Å². The average molecular weight is 102 g/mol. The van der Waals surface area contributed by atoms with Crippen molar-refractivity contribution in [1.29, 1.82) is 0 Å². The van der Waals surface area contributed by atoms with E-state index in [1.165, 1.54) is 12.8 Å². The van der Waals surface area contributed by atoms with Gasteiger partial charge in [0.05, 0.1) is 0 Å². The van der Waals surface area contributed by atoms with Gasteiger partial charge in [-0.1, -0.05) is 0 Å². The van der Waals surface area contributed by atoms with Gasteiger partial charge in [0.2, 0.25) is 0 Å². The van der Waals surface area contributed by atoms with Crippen molar-refractivity contribution in [1.82, 2.24) is 4.72 Å². The first kappa shape index (κ1) is 4.47. The van der Waals surface area contributed by atoms with Crippen LogP contribution in [-0.4, -0.2) is 5.54 Å². The van der Waals surface area contributed by atoms with Gasteiger partial charge in [-0.2, -0.15) is 0 Å². The molecule has 1 rings (SSSR count). The van der Waals surface area contributed by atoms with E-state index in [2.05, 4.69) is 24.5 Å². The van der Waals surface area contributed by atoms with Crippen molar-refractivity contribution in [2.75, 3.05) is 0 Å². The molecule has 0 heterocycles. The zero-order chi connectivity index (χ0) is 4.62. The molecule has 6 heavy (non-hydrogen) atoms. The molecule has 2 heteroatoms. The standard InChI is InChI=1S/C4H8NS/c1-4(5-6)2-3-4/h5H,2-3H2,1H3/q-1. The highest BCUT2D eigenvalue weighted by molar-refractivity contribution is 7.56. The van der Waals surface area contributed by atoms with Crippen molar-refractivity contribution in [3.8, 4) is 0 Å². The van der Waals surface area contributed by atoms with Crippen molar-refractivity contribution >= 4 is 12.8 Å². The van der Waals surface area contributed by atoms with Crippen LogP contribution in [0.25, 0.3) is 0 Å². The van der Waals surface area contributed by atoms with Gasteiger partial charge in [-0.3, -0.25) is 0 Å². The van der Waals surface area contributed by atoms with Crippen molar-refractivity contribution in [2.45, 2.75) is 25.3 Å². The molecule has 0 aromatic carbocycles. The maximum atomic E-state index is 4.60. The summed E-state index contributed by atoms with van der Waals surface area (Å²) in [7, 11) is 0. The predicted octanol–water partition coefficient (Wildman–Crippen LogP) is 0.590. The third-order valence-electron chi connectivity index (χ3n) is 1.25. The molecular formula is C4H8NS-. The van der Waals surface area contributed by atoms with E-state index in [4.69, 9.17) is 0 Å². The molecule has 0 saturated heterocycles. The van der Waals surface area contributed by atoms with Crippen LogP contribution in [-0.2, 0) is 12.8 Å². The van der Waals surface area contributed by atoms with Crippen LogP contribution < -0.4 is 4.72 Å². The fraction of sp³-hybridized carbons (Fsp3) is 1.00. The minimum Gasteiger partial charge on any atom is -0.705 e. The summed E-state index contributed by atoms with van der Waals surface area (Å²) in [6.45, 7) is 2.14. The third kappa shape index (κ3) is 0.684. The van der Waals surface area contributed by atoms with E-state index in [0.29, 0.717) is 5.54 Å². The quantitative estimate of drug-likeness (QED) is 0.486. The number of hydrogen-bond acceptors (Lipinski definition) is 2. The molecule has 0 radical (unpaired) electrons. The normalized spacial score (nSPS) is 27.0. The maximum Gasteiger partial charge on any atom is -0.00558 e. The van der Waals surface area contributed by atoms with Crippen LogP contribution >= 0.6 is 0 Å². The Morgan fingerprint density at radius 2 is 2.17 bits per heavy atom. The molecule has 36 valence electrons. The lowest BCUT2D eigenvalue weighted by Gasteiger charge is -2.14. The number of hydrogen-bond donors (Lipinski definition) is 1. The molecule has 1 saturated carbocycles. The van der Waals surface area contributed by atoms with Gasteiger partial charge in [0.1, 0.15) is 0 Å². The lowest BCUT2D eigenvalue weighted by atomic mass is 10.4. The first-order valence-electron chi connectivity index (χ1n) is 2.16. The second kappa shape index (κ2) is 1.14. The molecule has 1 fully saturated rings. The van der Waals surface area contributed by atoms with E-state index in [9.17, 15) is 0 Å². The van der Waals surface area contributed by atoms with Gasteiger partial charge in [-0.05, 0) is 25.3 Å². The van der Waals surface area contributed by atoms with Crippen LogP contribution in [0.15, 0.2) is 0 Å². The molecule has 1 N–H and O–H groups in total. The first-order valence-corrected chi connectivity index (χ1v) is 2.57. The summed E-state index contributed by atoms with van der Waals surface area (Å²) in [4.78, 5) is 0. The van der Waals surface area contributed by atoms with E-state index in [0.717, 1.165) is 0 Å². The van der Waals surface area contributed by atoms with E-state index < -0.39 is 0 Å². The van der Waals surface area contributed by atoms with Crippen molar-refractivity contribution < 1.29 is 0 Å². The Labute approximate surface area is 43.7 Å². The van der Waals surface area contributed by atoms with E-state index in [1.54, 1.807) is 0 Å². The van der Waals surface area contributed by atoms with Crippen LogP contribution in [0.1, 0.15) is 19.8 Å². The smallest absolute Gasteiger partial charge is 0.00558 e. The van der Waals surface area contributed by atoms with Gasteiger partial charge in [-0.15, -0.1) is 0 Å². The molecule has 1 nitrogen and oxygen atoms in total. The summed E-state index contributed by atoms with van der Waals surface area (Å²) in [5.41, 5.74) is 0.356. The molecule has 0 spiro atoms. The highest BCUT2D eigenvalue weighted by Gasteiger charge is 2.31. The van der Waals surface area contributed by atoms with Crippen molar-refractivity contribution in [3.63, 3.8) is 0 Å². The molecule has 0 aliphatic heterocycles. The van der Waals surface area contributed by atoms with Crippen LogP contribution in [0, 0.1) is 0 Å². The highest BCUT2D eigenvalue weighted by atomic mass is 32.1. The van der Waals surface area contributed by atoms with Gasteiger partial charge in [-0.25, -0.2) is 0 Å². The molecule has 1 aliphatic carbocycles. The minimum absolute atomic E-state index is 0.356. The molecule has 0 atom stereocenters. The van der Waals surface area contributed by atoms with Crippen LogP contribution in [0.2, 0.25) is 0 Å². The summed E-state index contributed by atoms with van der Waals surface area (Å²) in [5, 5.41) is 0. The fourth-order valence-corrected chi connectivity index (χ4v) is 0.494. The Balaban J connectivity index is 2.28. The summed E-state index contributed by atoms with van der Waals surface area (Å²) >= 11 is 4.60. The summed E-state index contributed by atoms with van der Waals surface area (Å²) in [6.07, 6.45) is 2.52. The molecule has 0 aromatic rings. The Morgan fingerprint density at radius 1 is 1.67 bits per heavy atom. The zero-order valence-corrected chi connectivity index (χ0v) is 4.64. The second-order valence-electron chi connectivity index (χ2n) is 2.16. The first-order chi connectivity index (χ1) is 2.77. The summed E-state index contributed by atoms with van der Waals surface area (Å²) in [5.74, 6) is 0.